The van der Waals surface area contributed by atoms with Crippen LogP contribution in [0.2, 0.25) is 0 Å². The number of ketones is 2. The Bertz CT molecular complexity index is 584. The monoisotopic (exact) mass is 336 g/mol. The zero-order valence-corrected chi connectivity index (χ0v) is 15.0. The summed E-state index contributed by atoms with van der Waals surface area (Å²) >= 11 is 0. The average Bonchev–Trinajstić information content (AvgIpc) is 2.46. The topological polar surface area (TPSA) is 80.7 Å². The van der Waals surface area contributed by atoms with Crippen LogP contribution in [0.1, 0.15) is 52.9 Å². The molecule has 0 aliphatic heterocycles. The normalized spacial score (nSPS) is 48.5. The van der Waals surface area contributed by atoms with E-state index in [2.05, 4.69) is 6.92 Å². The molecule has 0 bridgehead atoms. The molecule has 134 valence electrons. The van der Waals surface area contributed by atoms with Crippen molar-refractivity contribution in [1.29, 1.82) is 0 Å². The number of aliphatic hydroxyl groups is 1. The maximum absolute atomic E-state index is 13.0. The Balaban J connectivity index is 2.09. The summed E-state index contributed by atoms with van der Waals surface area (Å²) in [5.41, 5.74) is -1.67. The third-order valence-electron chi connectivity index (χ3n) is 7.01. The largest absolute Gasteiger partial charge is 0.469 e. The number of carbonyl (C=O) groups excluding carboxylic acids is 3. The van der Waals surface area contributed by atoms with Crippen molar-refractivity contribution in [2.75, 3.05) is 7.11 Å². The molecule has 3 saturated carbocycles. The molecular weight excluding hydrogens is 308 g/mol. The molecule has 0 unspecified atom stereocenters. The van der Waals surface area contributed by atoms with Gasteiger partial charge in [0.15, 0.2) is 0 Å². The van der Waals surface area contributed by atoms with Gasteiger partial charge in [-0.2, -0.15) is 0 Å². The van der Waals surface area contributed by atoms with Crippen LogP contribution in [-0.2, 0) is 19.1 Å². The zero-order chi connectivity index (χ0) is 17.9. The molecule has 3 aliphatic carbocycles. The Morgan fingerprint density at radius 2 is 1.88 bits per heavy atom. The molecule has 7 atom stereocenters. The van der Waals surface area contributed by atoms with Gasteiger partial charge in [-0.15, -0.1) is 0 Å². The second-order valence-corrected chi connectivity index (χ2v) is 8.82. The molecule has 5 nitrogen and oxygen atoms in total. The van der Waals surface area contributed by atoms with E-state index in [1.807, 2.05) is 6.92 Å². The van der Waals surface area contributed by atoms with Crippen molar-refractivity contribution in [3.63, 3.8) is 0 Å². The molecular formula is C19H28O5. The Hall–Kier alpha value is -1.23. The molecule has 0 radical (unpaired) electrons. The number of aliphatic hydroxyl groups excluding tert-OH is 1. The van der Waals surface area contributed by atoms with Crippen molar-refractivity contribution >= 4 is 17.5 Å². The first-order valence-electron chi connectivity index (χ1n) is 8.94. The summed E-state index contributed by atoms with van der Waals surface area (Å²) in [4.78, 5) is 38.0. The van der Waals surface area contributed by atoms with Gasteiger partial charge in [-0.25, -0.2) is 0 Å². The first-order chi connectivity index (χ1) is 11.1. The lowest BCUT2D eigenvalue weighted by Gasteiger charge is -2.59. The summed E-state index contributed by atoms with van der Waals surface area (Å²) in [5, 5.41) is 10.5. The van der Waals surface area contributed by atoms with Gasteiger partial charge in [0.05, 0.1) is 18.6 Å². The van der Waals surface area contributed by atoms with Crippen LogP contribution in [0.3, 0.4) is 0 Å². The van der Waals surface area contributed by atoms with E-state index < -0.39 is 28.8 Å². The number of hydrogen-bond acceptors (Lipinski definition) is 5. The minimum absolute atomic E-state index is 0.00718. The number of carbonyl (C=O) groups is 3. The number of hydrogen-bond donors (Lipinski definition) is 1. The Labute approximate surface area is 143 Å². The van der Waals surface area contributed by atoms with Gasteiger partial charge in [0, 0.05) is 25.2 Å². The molecule has 3 aliphatic rings. The minimum atomic E-state index is -1.09. The van der Waals surface area contributed by atoms with Crippen molar-refractivity contribution in [3.05, 3.63) is 0 Å². The fourth-order valence-electron chi connectivity index (χ4n) is 6.27. The van der Waals surface area contributed by atoms with Crippen molar-refractivity contribution < 1.29 is 24.2 Å². The van der Waals surface area contributed by atoms with Gasteiger partial charge in [0.25, 0.3) is 0 Å². The van der Waals surface area contributed by atoms with Gasteiger partial charge in [0.1, 0.15) is 11.6 Å². The molecule has 0 saturated heterocycles. The van der Waals surface area contributed by atoms with Gasteiger partial charge in [0.2, 0.25) is 0 Å². The molecule has 5 heteroatoms. The van der Waals surface area contributed by atoms with Crippen molar-refractivity contribution in [2.45, 2.75) is 59.0 Å². The van der Waals surface area contributed by atoms with E-state index in [9.17, 15) is 19.5 Å². The van der Waals surface area contributed by atoms with Crippen LogP contribution in [0.25, 0.3) is 0 Å². The number of esters is 1. The highest BCUT2D eigenvalue weighted by Crippen LogP contribution is 2.62. The minimum Gasteiger partial charge on any atom is -0.469 e. The van der Waals surface area contributed by atoms with Gasteiger partial charge in [-0.1, -0.05) is 13.8 Å². The molecule has 3 fully saturated rings. The first kappa shape index (κ1) is 17.6. The SMILES string of the molecule is COC(=O)[C@]1(C)CC(=O)C[C@@]2(C)[C@@H]3C[C@@H](C)C[C@@H](O)[C@H]3CC(=O)[C@@H]21. The van der Waals surface area contributed by atoms with E-state index in [0.717, 1.165) is 6.42 Å². The molecule has 1 N–H and O–H groups in total. The summed E-state index contributed by atoms with van der Waals surface area (Å²) in [6, 6.07) is 0. The smallest absolute Gasteiger partial charge is 0.312 e. The fourth-order valence-corrected chi connectivity index (χ4v) is 6.27. The standard InChI is InChI=1S/C19H28O5/c1-10-5-13-12(14(21)6-10)7-15(22)16-18(13,2)8-11(20)9-19(16,3)17(23)24-4/h10,12-14,16,21H,5-9H2,1-4H3/t10-,12+,13-,14-,16+,18+,19-/m1/s1. The van der Waals surface area contributed by atoms with E-state index in [1.165, 1.54) is 7.11 Å². The quantitative estimate of drug-likeness (QED) is 0.742. The maximum atomic E-state index is 13.0. The van der Waals surface area contributed by atoms with Gasteiger partial charge >= 0.3 is 5.97 Å². The lowest BCUT2D eigenvalue weighted by atomic mass is 9.43. The second kappa shape index (κ2) is 5.65. The summed E-state index contributed by atoms with van der Waals surface area (Å²) in [6.45, 7) is 5.80. The molecule has 0 aromatic carbocycles. The number of Topliss-reactive ketones (excluding diaryl/α,β-unsaturated/α-hetero) is 2. The Morgan fingerprint density at radius 3 is 2.50 bits per heavy atom. The van der Waals surface area contributed by atoms with Crippen LogP contribution in [0.5, 0.6) is 0 Å². The zero-order valence-electron chi connectivity index (χ0n) is 15.0. The predicted octanol–water partition coefficient (Wildman–Crippen LogP) is 2.15. The lowest BCUT2D eigenvalue weighted by molar-refractivity contribution is -0.188. The van der Waals surface area contributed by atoms with Crippen molar-refractivity contribution in [3.8, 4) is 0 Å². The molecule has 0 aromatic rings. The Kier molecular flexibility index (Phi) is 4.14. The van der Waals surface area contributed by atoms with Crippen LogP contribution in [0, 0.1) is 34.5 Å². The summed E-state index contributed by atoms with van der Waals surface area (Å²) in [6.07, 6.45) is 1.79. The summed E-state index contributed by atoms with van der Waals surface area (Å²) < 4.78 is 4.97. The highest BCUT2D eigenvalue weighted by Gasteiger charge is 2.65. The van der Waals surface area contributed by atoms with Crippen LogP contribution >= 0.6 is 0 Å². The molecule has 24 heavy (non-hydrogen) atoms. The number of ether oxygens (including phenoxy) is 1. The Morgan fingerprint density at radius 1 is 1.21 bits per heavy atom. The molecule has 0 spiro atoms. The third-order valence-corrected chi connectivity index (χ3v) is 7.01. The van der Waals surface area contributed by atoms with Crippen LogP contribution in [-0.4, -0.2) is 35.9 Å². The second-order valence-electron chi connectivity index (χ2n) is 8.82. The fraction of sp³-hybridized carbons (Fsp3) is 0.842. The summed E-state index contributed by atoms with van der Waals surface area (Å²) in [5.74, 6) is -0.601. The average molecular weight is 336 g/mol. The van der Waals surface area contributed by atoms with E-state index in [1.54, 1.807) is 6.92 Å². The van der Waals surface area contributed by atoms with Crippen molar-refractivity contribution in [1.82, 2.24) is 0 Å². The van der Waals surface area contributed by atoms with Crippen LogP contribution in [0.15, 0.2) is 0 Å². The van der Waals surface area contributed by atoms with Gasteiger partial charge in [-0.05, 0) is 42.9 Å². The lowest BCUT2D eigenvalue weighted by Crippen LogP contribution is -2.63. The molecule has 0 aromatic heterocycles. The molecule has 0 amide bonds. The third kappa shape index (κ3) is 2.35. The number of rotatable bonds is 1. The maximum Gasteiger partial charge on any atom is 0.312 e. The highest BCUT2D eigenvalue weighted by molar-refractivity contribution is 5.97. The van der Waals surface area contributed by atoms with E-state index in [-0.39, 0.29) is 29.8 Å². The van der Waals surface area contributed by atoms with Crippen LogP contribution < -0.4 is 0 Å². The van der Waals surface area contributed by atoms with E-state index in [4.69, 9.17) is 4.74 Å². The molecule has 0 heterocycles. The first-order valence-corrected chi connectivity index (χ1v) is 8.94. The number of fused-ring (bicyclic) bond motifs is 3. The summed E-state index contributed by atoms with van der Waals surface area (Å²) in [7, 11) is 1.31. The van der Waals surface area contributed by atoms with Gasteiger partial charge < -0.3 is 9.84 Å². The highest BCUT2D eigenvalue weighted by atomic mass is 16.5. The van der Waals surface area contributed by atoms with E-state index in [0.29, 0.717) is 25.2 Å². The predicted molar refractivity (Wildman–Crippen MR) is 87.0 cm³/mol. The van der Waals surface area contributed by atoms with Crippen LogP contribution in [0.4, 0.5) is 0 Å². The van der Waals surface area contributed by atoms with Crippen molar-refractivity contribution in [2.24, 2.45) is 34.5 Å². The van der Waals surface area contributed by atoms with Gasteiger partial charge in [-0.3, -0.25) is 14.4 Å². The number of methoxy groups -OCH3 is 1. The molecule has 3 rings (SSSR count). The van der Waals surface area contributed by atoms with E-state index >= 15 is 0 Å².